The third-order valence-electron chi connectivity index (χ3n) is 2.78. The zero-order valence-electron chi connectivity index (χ0n) is 9.01. The molecule has 5 heteroatoms. The molecule has 0 fully saturated rings. The Kier molecular flexibility index (Phi) is 1.86. The number of fused-ring (bicyclic) bond motifs is 1. The van der Waals surface area contributed by atoms with Gasteiger partial charge in [0.25, 0.3) is 0 Å². The van der Waals surface area contributed by atoms with Crippen molar-refractivity contribution in [2.45, 2.75) is 0 Å². The van der Waals surface area contributed by atoms with E-state index in [1.54, 1.807) is 0 Å². The monoisotopic (exact) mass is 219 g/mol. The molecule has 16 heavy (non-hydrogen) atoms. The number of benzene rings is 1. The van der Waals surface area contributed by atoms with E-state index in [-0.39, 0.29) is 0 Å². The quantitative estimate of drug-likeness (QED) is 0.760. The Hall–Kier alpha value is -2.04. The van der Waals surface area contributed by atoms with Crippen LogP contribution < -0.4 is 20.1 Å². The molecule has 0 spiro atoms. The second kappa shape index (κ2) is 3.23. The smallest absolute Gasteiger partial charge is 0.231 e. The van der Waals surface area contributed by atoms with Gasteiger partial charge in [0.15, 0.2) is 11.5 Å². The van der Waals surface area contributed by atoms with Gasteiger partial charge in [-0.25, -0.2) is 0 Å². The van der Waals surface area contributed by atoms with E-state index in [1.807, 2.05) is 36.3 Å². The molecule has 3 rings (SSSR count). The highest BCUT2D eigenvalue weighted by molar-refractivity contribution is 5.59. The number of hydrogen-bond donors (Lipinski definition) is 1. The summed E-state index contributed by atoms with van der Waals surface area (Å²) in [7, 11) is 1.96. The fourth-order valence-electron chi connectivity index (χ4n) is 1.83. The predicted octanol–water partition coefficient (Wildman–Crippen LogP) is 0.882. The van der Waals surface area contributed by atoms with Gasteiger partial charge in [-0.05, 0) is 12.1 Å². The molecule has 1 aromatic rings. The van der Waals surface area contributed by atoms with Gasteiger partial charge < -0.3 is 25.0 Å². The van der Waals surface area contributed by atoms with Gasteiger partial charge in [-0.2, -0.15) is 0 Å². The largest absolute Gasteiger partial charge is 0.454 e. The van der Waals surface area contributed by atoms with Gasteiger partial charge in [0, 0.05) is 25.0 Å². The van der Waals surface area contributed by atoms with Gasteiger partial charge in [-0.1, -0.05) is 0 Å². The number of anilines is 1. The van der Waals surface area contributed by atoms with Crippen LogP contribution >= 0.6 is 0 Å². The van der Waals surface area contributed by atoms with Crippen LogP contribution in [0, 0.1) is 0 Å². The maximum absolute atomic E-state index is 5.81. The maximum atomic E-state index is 5.81. The second-order valence-electron chi connectivity index (χ2n) is 3.90. The number of hydrogen-bond acceptors (Lipinski definition) is 5. The predicted molar refractivity (Wildman–Crippen MR) is 59.9 cm³/mol. The van der Waals surface area contributed by atoms with Gasteiger partial charge in [0.05, 0.1) is 6.67 Å². The molecule has 2 heterocycles. The van der Waals surface area contributed by atoms with Crippen molar-refractivity contribution < 1.29 is 9.47 Å². The molecule has 84 valence electrons. The zero-order chi connectivity index (χ0) is 11.1. The van der Waals surface area contributed by atoms with E-state index in [9.17, 15) is 0 Å². The molecule has 0 aromatic heterocycles. The Balaban J connectivity index is 1.91. The van der Waals surface area contributed by atoms with Crippen LogP contribution in [0.4, 0.5) is 5.69 Å². The first kappa shape index (κ1) is 9.21. The molecule has 2 aliphatic rings. The molecular weight excluding hydrogens is 206 g/mol. The molecule has 0 unspecified atom stereocenters. The minimum Gasteiger partial charge on any atom is -0.454 e. The third-order valence-corrected chi connectivity index (χ3v) is 2.78. The lowest BCUT2D eigenvalue weighted by molar-refractivity contribution is 0.174. The van der Waals surface area contributed by atoms with Crippen LogP contribution in [0.3, 0.4) is 0 Å². The summed E-state index contributed by atoms with van der Waals surface area (Å²) in [6.07, 6.45) is 1.91. The minimum atomic E-state index is 0.302. The van der Waals surface area contributed by atoms with Crippen molar-refractivity contribution in [3.05, 3.63) is 30.2 Å². The molecule has 0 radical (unpaired) electrons. The maximum Gasteiger partial charge on any atom is 0.231 e. The standard InChI is InChI=1S/C11H13N3O2/c1-13-6-14(5-11(13)12)8-2-3-9-10(4-8)16-7-15-9/h2-5H,6-7,12H2,1H3. The van der Waals surface area contributed by atoms with Gasteiger partial charge in [0.2, 0.25) is 6.79 Å². The summed E-state index contributed by atoms with van der Waals surface area (Å²) in [5.41, 5.74) is 6.86. The summed E-state index contributed by atoms with van der Waals surface area (Å²) in [5, 5.41) is 0. The Morgan fingerprint density at radius 2 is 2.06 bits per heavy atom. The lowest BCUT2D eigenvalue weighted by atomic mass is 10.2. The Morgan fingerprint density at radius 1 is 1.25 bits per heavy atom. The molecule has 0 aliphatic carbocycles. The third kappa shape index (κ3) is 1.32. The summed E-state index contributed by atoms with van der Waals surface area (Å²) in [6, 6.07) is 5.88. The highest BCUT2D eigenvalue weighted by Gasteiger charge is 2.19. The molecule has 0 saturated carbocycles. The van der Waals surface area contributed by atoms with Crippen molar-refractivity contribution in [1.29, 1.82) is 0 Å². The number of rotatable bonds is 1. The van der Waals surface area contributed by atoms with Crippen LogP contribution in [0.5, 0.6) is 11.5 Å². The number of nitrogens with two attached hydrogens (primary N) is 1. The molecule has 2 N–H and O–H groups in total. The van der Waals surface area contributed by atoms with Crippen LogP contribution in [0.1, 0.15) is 0 Å². The highest BCUT2D eigenvalue weighted by Crippen LogP contribution is 2.36. The van der Waals surface area contributed by atoms with Crippen molar-refractivity contribution in [2.24, 2.45) is 5.73 Å². The van der Waals surface area contributed by atoms with Crippen LogP contribution in [-0.2, 0) is 0 Å². The van der Waals surface area contributed by atoms with Crippen molar-refractivity contribution in [2.75, 3.05) is 25.4 Å². The molecular formula is C11H13N3O2. The molecule has 0 saturated heterocycles. The van der Waals surface area contributed by atoms with E-state index in [2.05, 4.69) is 4.90 Å². The molecule has 0 bridgehead atoms. The Morgan fingerprint density at radius 3 is 2.81 bits per heavy atom. The van der Waals surface area contributed by atoms with Crippen molar-refractivity contribution in [1.82, 2.24) is 4.90 Å². The minimum absolute atomic E-state index is 0.302. The van der Waals surface area contributed by atoms with Crippen LogP contribution in [0.15, 0.2) is 30.2 Å². The van der Waals surface area contributed by atoms with E-state index in [0.717, 1.165) is 29.7 Å². The van der Waals surface area contributed by atoms with Gasteiger partial charge >= 0.3 is 0 Å². The molecule has 0 atom stereocenters. The topological polar surface area (TPSA) is 51.0 Å². The van der Waals surface area contributed by atoms with Crippen molar-refractivity contribution >= 4 is 5.69 Å². The first-order valence-corrected chi connectivity index (χ1v) is 5.09. The summed E-state index contributed by atoms with van der Waals surface area (Å²) >= 11 is 0. The lowest BCUT2D eigenvalue weighted by Crippen LogP contribution is -2.24. The Bertz CT molecular complexity index is 459. The van der Waals surface area contributed by atoms with Crippen molar-refractivity contribution in [3.8, 4) is 11.5 Å². The second-order valence-corrected chi connectivity index (χ2v) is 3.90. The fraction of sp³-hybridized carbons (Fsp3) is 0.273. The SMILES string of the molecule is CN1CN(c2ccc3c(c2)OCO3)C=C1N. The van der Waals surface area contributed by atoms with E-state index in [4.69, 9.17) is 15.2 Å². The van der Waals surface area contributed by atoms with Crippen LogP contribution in [-0.4, -0.2) is 25.4 Å². The normalized spacial score (nSPS) is 17.9. The van der Waals surface area contributed by atoms with Gasteiger partial charge in [-0.15, -0.1) is 0 Å². The molecule has 1 aromatic carbocycles. The van der Waals surface area contributed by atoms with E-state index in [1.165, 1.54) is 0 Å². The van der Waals surface area contributed by atoms with Gasteiger partial charge in [-0.3, -0.25) is 0 Å². The molecule has 2 aliphatic heterocycles. The van der Waals surface area contributed by atoms with Crippen LogP contribution in [0.25, 0.3) is 0 Å². The first-order valence-electron chi connectivity index (χ1n) is 5.09. The highest BCUT2D eigenvalue weighted by atomic mass is 16.7. The average Bonchev–Trinajstić information content (AvgIpc) is 2.85. The lowest BCUT2D eigenvalue weighted by Gasteiger charge is -2.18. The van der Waals surface area contributed by atoms with Crippen LogP contribution in [0.2, 0.25) is 0 Å². The zero-order valence-corrected chi connectivity index (χ0v) is 9.01. The summed E-state index contributed by atoms with van der Waals surface area (Å²) in [5.74, 6) is 2.35. The fourth-order valence-corrected chi connectivity index (χ4v) is 1.83. The van der Waals surface area contributed by atoms with Gasteiger partial charge in [0.1, 0.15) is 5.82 Å². The Labute approximate surface area is 93.6 Å². The van der Waals surface area contributed by atoms with Crippen molar-refractivity contribution in [3.63, 3.8) is 0 Å². The molecule has 5 nitrogen and oxygen atoms in total. The van der Waals surface area contributed by atoms with E-state index in [0.29, 0.717) is 6.79 Å². The van der Waals surface area contributed by atoms with E-state index < -0.39 is 0 Å². The summed E-state index contributed by atoms with van der Waals surface area (Å²) < 4.78 is 10.6. The van der Waals surface area contributed by atoms with E-state index >= 15 is 0 Å². The number of nitrogens with zero attached hydrogens (tertiary/aromatic N) is 2. The first-order chi connectivity index (χ1) is 7.74. The summed E-state index contributed by atoms with van der Waals surface area (Å²) in [4.78, 5) is 4.04. The molecule has 0 amide bonds. The summed E-state index contributed by atoms with van der Waals surface area (Å²) in [6.45, 7) is 1.06. The average molecular weight is 219 g/mol. The number of ether oxygens (including phenoxy) is 2.